The van der Waals surface area contributed by atoms with E-state index in [1.54, 1.807) is 6.08 Å². The topological polar surface area (TPSA) is 69.6 Å². The van der Waals surface area contributed by atoms with Crippen LogP contribution in [-0.2, 0) is 4.79 Å². The zero-order valence-corrected chi connectivity index (χ0v) is 44.8. The van der Waals surface area contributed by atoms with Crippen molar-refractivity contribution in [2.45, 2.75) is 251 Å². The van der Waals surface area contributed by atoms with Crippen LogP contribution in [0.25, 0.3) is 0 Å². The molecule has 0 aliphatic carbocycles. The molecular weight excluding hydrogens is 843 g/mol. The summed E-state index contributed by atoms with van der Waals surface area (Å²) in [5.41, 5.74) is 0. The molecule has 0 aliphatic heterocycles. The second-order valence-electron chi connectivity index (χ2n) is 18.6. The summed E-state index contributed by atoms with van der Waals surface area (Å²) in [6.07, 6.45) is 92.8. The second kappa shape index (κ2) is 58.6. The fourth-order valence-corrected chi connectivity index (χ4v) is 7.73. The first kappa shape index (κ1) is 65.3. The monoisotopic (exact) mass is 950 g/mol. The lowest BCUT2D eigenvalue weighted by atomic mass is 10.1. The average molecular weight is 951 g/mol. The number of carbonyl (C=O) groups is 1. The standard InChI is InChI=1S/C65H107NO3/c1-3-5-7-9-11-13-15-17-19-21-23-25-26-27-28-29-30-31-32-33-34-35-36-37-38-39-40-41-43-45-47-49-51-53-55-57-59-61-65(69)66-63(62-67)64(68)60-58-56-54-52-50-48-46-44-42-24-22-20-18-16-14-12-10-8-6-4-2/h5,7,11,13,17,19,23,25,27-28,30-31,33-34,36-37,39-40,42,44,50,52,58,60,63-64,67-68H,3-4,6,8-10,12,14-16,18,20-22,24,26,29,32,35,38,41,43,45-49,51,53-57,59,61-62H2,1-2H3,(H,66,69)/b7-5-,13-11-,19-17-,25-23-,28-27-,31-30-,34-33-,37-36-,40-39-,44-42+,52-50+,60-58+. The number of rotatable bonds is 50. The van der Waals surface area contributed by atoms with Crippen LogP contribution < -0.4 is 5.32 Å². The molecule has 0 aliphatic rings. The highest BCUT2D eigenvalue weighted by atomic mass is 16.3. The number of aliphatic hydroxyl groups is 2. The molecule has 0 aromatic carbocycles. The fourth-order valence-electron chi connectivity index (χ4n) is 7.73. The van der Waals surface area contributed by atoms with Crippen molar-refractivity contribution in [2.75, 3.05) is 6.61 Å². The van der Waals surface area contributed by atoms with Crippen LogP contribution in [0.2, 0.25) is 0 Å². The van der Waals surface area contributed by atoms with Gasteiger partial charge in [-0.2, -0.15) is 0 Å². The quantitative estimate of drug-likeness (QED) is 0.0420. The molecule has 1 amide bonds. The van der Waals surface area contributed by atoms with Gasteiger partial charge in [-0.3, -0.25) is 4.79 Å². The third-order valence-corrected chi connectivity index (χ3v) is 12.0. The van der Waals surface area contributed by atoms with Crippen LogP contribution in [0.3, 0.4) is 0 Å². The fraction of sp³-hybridized carbons (Fsp3) is 0.615. The van der Waals surface area contributed by atoms with Gasteiger partial charge < -0.3 is 15.5 Å². The number of unbranched alkanes of at least 4 members (excludes halogenated alkanes) is 21. The minimum atomic E-state index is -0.883. The SMILES string of the molecule is CC/C=C\C/C=C\C/C=C\C/C=C\C/C=C\C/C=C\C/C=C\C/C=C\C/C=C\CCCCCCCCCCCC(=O)NC(CO)C(O)/C=C/CC/C=C/CC/C=C/CCCCCCCCCCCC. The molecule has 4 heteroatoms. The summed E-state index contributed by atoms with van der Waals surface area (Å²) in [4.78, 5) is 12.5. The van der Waals surface area contributed by atoms with Crippen molar-refractivity contribution in [3.8, 4) is 0 Å². The van der Waals surface area contributed by atoms with Crippen molar-refractivity contribution < 1.29 is 15.0 Å². The van der Waals surface area contributed by atoms with Crippen LogP contribution in [0, 0.1) is 0 Å². The summed E-state index contributed by atoms with van der Waals surface area (Å²) in [5.74, 6) is -0.0902. The predicted octanol–water partition coefficient (Wildman–Crippen LogP) is 19.2. The van der Waals surface area contributed by atoms with E-state index in [0.29, 0.717) is 6.42 Å². The molecule has 0 aromatic heterocycles. The van der Waals surface area contributed by atoms with Gasteiger partial charge in [-0.05, 0) is 116 Å². The van der Waals surface area contributed by atoms with E-state index in [1.165, 1.54) is 116 Å². The Bertz CT molecular complexity index is 1450. The van der Waals surface area contributed by atoms with Crippen molar-refractivity contribution in [3.05, 3.63) is 146 Å². The van der Waals surface area contributed by atoms with Gasteiger partial charge in [-0.15, -0.1) is 0 Å². The minimum absolute atomic E-state index is 0.0902. The number of amides is 1. The molecule has 0 saturated heterocycles. The van der Waals surface area contributed by atoms with Crippen LogP contribution in [0.1, 0.15) is 239 Å². The minimum Gasteiger partial charge on any atom is -0.394 e. The molecule has 69 heavy (non-hydrogen) atoms. The van der Waals surface area contributed by atoms with E-state index < -0.39 is 12.1 Å². The molecule has 0 rings (SSSR count). The first-order valence-electron chi connectivity index (χ1n) is 28.5. The van der Waals surface area contributed by atoms with E-state index in [2.05, 4.69) is 153 Å². The molecule has 0 spiro atoms. The highest BCUT2D eigenvalue weighted by Gasteiger charge is 2.17. The van der Waals surface area contributed by atoms with Gasteiger partial charge in [0.05, 0.1) is 18.8 Å². The lowest BCUT2D eigenvalue weighted by molar-refractivity contribution is -0.123. The largest absolute Gasteiger partial charge is 0.394 e. The van der Waals surface area contributed by atoms with Crippen LogP contribution in [0.4, 0.5) is 0 Å². The van der Waals surface area contributed by atoms with E-state index in [4.69, 9.17) is 0 Å². The van der Waals surface area contributed by atoms with Gasteiger partial charge in [-0.25, -0.2) is 0 Å². The Morgan fingerprint density at radius 1 is 0.362 bits per heavy atom. The third kappa shape index (κ3) is 55.1. The van der Waals surface area contributed by atoms with Gasteiger partial charge >= 0.3 is 0 Å². The first-order chi connectivity index (χ1) is 34.2. The Morgan fingerprint density at radius 3 is 1.01 bits per heavy atom. The van der Waals surface area contributed by atoms with Crippen molar-refractivity contribution in [1.29, 1.82) is 0 Å². The highest BCUT2D eigenvalue weighted by Crippen LogP contribution is 2.14. The lowest BCUT2D eigenvalue weighted by Crippen LogP contribution is -2.45. The van der Waals surface area contributed by atoms with E-state index >= 15 is 0 Å². The zero-order valence-electron chi connectivity index (χ0n) is 44.8. The van der Waals surface area contributed by atoms with Gasteiger partial charge in [0.15, 0.2) is 0 Å². The zero-order chi connectivity index (χ0) is 49.9. The predicted molar refractivity (Wildman–Crippen MR) is 308 cm³/mol. The number of carbonyl (C=O) groups excluding carboxylic acids is 1. The van der Waals surface area contributed by atoms with Gasteiger partial charge in [0.25, 0.3) is 0 Å². The number of allylic oxidation sites excluding steroid dienone is 23. The molecule has 4 nitrogen and oxygen atoms in total. The summed E-state index contributed by atoms with van der Waals surface area (Å²) in [7, 11) is 0. The van der Waals surface area contributed by atoms with Crippen LogP contribution >= 0.6 is 0 Å². The van der Waals surface area contributed by atoms with Gasteiger partial charge in [0.1, 0.15) is 0 Å². The maximum atomic E-state index is 12.5. The summed E-state index contributed by atoms with van der Waals surface area (Å²) in [5, 5.41) is 23.1. The van der Waals surface area contributed by atoms with Crippen molar-refractivity contribution in [1.82, 2.24) is 5.32 Å². The number of nitrogens with one attached hydrogen (secondary N) is 1. The Kier molecular flexibility index (Phi) is 55.4. The molecule has 0 saturated carbocycles. The third-order valence-electron chi connectivity index (χ3n) is 12.0. The van der Waals surface area contributed by atoms with Crippen LogP contribution in [-0.4, -0.2) is 34.9 Å². The molecule has 2 atom stereocenters. The summed E-state index contributed by atoms with van der Waals surface area (Å²) >= 11 is 0. The maximum absolute atomic E-state index is 12.5. The van der Waals surface area contributed by atoms with E-state index in [1.807, 2.05) is 6.08 Å². The van der Waals surface area contributed by atoms with E-state index in [-0.39, 0.29) is 12.5 Å². The normalized spacial score (nSPS) is 14.0. The van der Waals surface area contributed by atoms with Gasteiger partial charge in [0.2, 0.25) is 5.91 Å². The Hall–Kier alpha value is -3.73. The molecule has 0 radical (unpaired) electrons. The summed E-state index contributed by atoms with van der Waals surface area (Å²) in [6, 6.07) is -0.660. The molecule has 2 unspecified atom stereocenters. The molecule has 0 bridgehead atoms. The van der Waals surface area contributed by atoms with Crippen molar-refractivity contribution in [3.63, 3.8) is 0 Å². The number of hydrogen-bond donors (Lipinski definition) is 3. The smallest absolute Gasteiger partial charge is 0.220 e. The van der Waals surface area contributed by atoms with Crippen molar-refractivity contribution >= 4 is 5.91 Å². The Morgan fingerprint density at radius 2 is 0.652 bits per heavy atom. The van der Waals surface area contributed by atoms with Crippen LogP contribution in [0.15, 0.2) is 146 Å². The molecule has 0 heterocycles. The average Bonchev–Trinajstić information content (AvgIpc) is 3.35. The summed E-state index contributed by atoms with van der Waals surface area (Å²) < 4.78 is 0. The van der Waals surface area contributed by atoms with Crippen LogP contribution in [0.5, 0.6) is 0 Å². The van der Waals surface area contributed by atoms with E-state index in [9.17, 15) is 15.0 Å². The summed E-state index contributed by atoms with van der Waals surface area (Å²) in [6.45, 7) is 4.17. The number of hydrogen-bond acceptors (Lipinski definition) is 3. The highest BCUT2D eigenvalue weighted by molar-refractivity contribution is 5.76. The number of aliphatic hydroxyl groups excluding tert-OH is 2. The molecule has 390 valence electrons. The first-order valence-corrected chi connectivity index (χ1v) is 28.5. The second-order valence-corrected chi connectivity index (χ2v) is 18.6. The Balaban J connectivity index is 3.67. The van der Waals surface area contributed by atoms with Gasteiger partial charge in [0, 0.05) is 6.42 Å². The lowest BCUT2D eigenvalue weighted by Gasteiger charge is -2.19. The molecular formula is C65H107NO3. The maximum Gasteiger partial charge on any atom is 0.220 e. The molecule has 0 aromatic rings. The molecule has 3 N–H and O–H groups in total. The van der Waals surface area contributed by atoms with Gasteiger partial charge in [-0.1, -0.05) is 262 Å². The van der Waals surface area contributed by atoms with E-state index in [0.717, 1.165) is 103 Å². The Labute approximate surface area is 427 Å². The van der Waals surface area contributed by atoms with Crippen molar-refractivity contribution in [2.24, 2.45) is 0 Å². The molecule has 0 fully saturated rings.